The first-order valence-corrected chi connectivity index (χ1v) is 13.3. The lowest BCUT2D eigenvalue weighted by Crippen LogP contribution is -2.41. The summed E-state index contributed by atoms with van der Waals surface area (Å²) in [5.74, 6) is 0.0152. The Kier molecular flexibility index (Phi) is 9.19. The number of sulfonamides is 1. The monoisotopic (exact) mass is 507 g/mol. The van der Waals surface area contributed by atoms with Gasteiger partial charge in [-0.25, -0.2) is 8.42 Å². The van der Waals surface area contributed by atoms with Crippen LogP contribution in [0.3, 0.4) is 0 Å². The Balaban J connectivity index is 2.51. The fraction of sp³-hybridized carbons (Fsp3) is 0.500. The highest BCUT2D eigenvalue weighted by Gasteiger charge is 2.32. The molecule has 1 amide bonds. The zero-order valence-corrected chi connectivity index (χ0v) is 23.1. The minimum absolute atomic E-state index is 0.0741. The molecule has 0 aromatic heterocycles. The first-order valence-electron chi connectivity index (χ1n) is 11.5. The summed E-state index contributed by atoms with van der Waals surface area (Å²) in [7, 11) is 0.00473. The van der Waals surface area contributed by atoms with Crippen LogP contribution in [-0.4, -0.2) is 38.8 Å². The molecule has 6 nitrogen and oxygen atoms in total. The number of anilines is 2. The van der Waals surface area contributed by atoms with Crippen molar-refractivity contribution in [3.8, 4) is 0 Å². The maximum absolute atomic E-state index is 13.7. The summed E-state index contributed by atoms with van der Waals surface area (Å²) in [6.07, 6.45) is 0.386. The molecular formula is C26H38ClN3O3S. The van der Waals surface area contributed by atoms with Crippen LogP contribution < -0.4 is 10.2 Å². The van der Waals surface area contributed by atoms with E-state index < -0.39 is 10.0 Å². The molecule has 2 rings (SSSR count). The fourth-order valence-electron chi connectivity index (χ4n) is 3.62. The van der Waals surface area contributed by atoms with Crippen LogP contribution in [-0.2, 0) is 21.4 Å². The predicted octanol–water partition coefficient (Wildman–Crippen LogP) is 6.02. The number of benzene rings is 2. The third kappa shape index (κ3) is 7.45. The quantitative estimate of drug-likeness (QED) is 0.450. The van der Waals surface area contributed by atoms with E-state index >= 15 is 0 Å². The van der Waals surface area contributed by atoms with E-state index in [1.54, 1.807) is 18.2 Å². The van der Waals surface area contributed by atoms with E-state index in [1.807, 2.05) is 78.7 Å². The van der Waals surface area contributed by atoms with Gasteiger partial charge < -0.3 is 10.2 Å². The molecule has 8 heteroatoms. The van der Waals surface area contributed by atoms with Crippen molar-refractivity contribution in [2.24, 2.45) is 11.3 Å². The lowest BCUT2D eigenvalue weighted by molar-refractivity contribution is -0.117. The molecular weight excluding hydrogens is 470 g/mol. The smallest absolute Gasteiger partial charge is 0.243 e. The Labute approximate surface area is 210 Å². The molecule has 0 spiro atoms. The van der Waals surface area contributed by atoms with Crippen LogP contribution >= 0.6 is 11.6 Å². The summed E-state index contributed by atoms with van der Waals surface area (Å²) in [4.78, 5) is 14.6. The molecule has 0 fully saturated rings. The number of carbonyl (C=O) groups is 1. The van der Waals surface area contributed by atoms with Gasteiger partial charge in [0, 0.05) is 49.5 Å². The topological polar surface area (TPSA) is 69.7 Å². The number of halogens is 1. The first-order chi connectivity index (χ1) is 15.6. The van der Waals surface area contributed by atoms with E-state index in [0.29, 0.717) is 17.1 Å². The van der Waals surface area contributed by atoms with Gasteiger partial charge in [-0.15, -0.1) is 0 Å². The molecule has 1 N–H and O–H groups in total. The van der Waals surface area contributed by atoms with Crippen molar-refractivity contribution in [3.63, 3.8) is 0 Å². The van der Waals surface area contributed by atoms with Crippen LogP contribution in [0.1, 0.15) is 53.5 Å². The van der Waals surface area contributed by atoms with Crippen molar-refractivity contribution in [2.75, 3.05) is 24.3 Å². The minimum Gasteiger partial charge on any atom is -0.377 e. The molecule has 0 unspecified atom stereocenters. The van der Waals surface area contributed by atoms with Gasteiger partial charge in [-0.2, -0.15) is 4.31 Å². The summed E-state index contributed by atoms with van der Waals surface area (Å²) in [6.45, 7) is 12.1. The summed E-state index contributed by atoms with van der Waals surface area (Å²) >= 11 is 6.11. The van der Waals surface area contributed by atoms with Crippen LogP contribution in [0.15, 0.2) is 47.4 Å². The number of rotatable bonds is 9. The van der Waals surface area contributed by atoms with Gasteiger partial charge in [-0.3, -0.25) is 4.79 Å². The van der Waals surface area contributed by atoms with Crippen molar-refractivity contribution >= 4 is 38.9 Å². The van der Waals surface area contributed by atoms with Crippen molar-refractivity contribution < 1.29 is 13.2 Å². The first kappa shape index (κ1) is 28.1. The average molecular weight is 508 g/mol. The van der Waals surface area contributed by atoms with Crippen LogP contribution in [0, 0.1) is 11.3 Å². The molecule has 0 heterocycles. The highest BCUT2D eigenvalue weighted by atomic mass is 35.5. The van der Waals surface area contributed by atoms with Gasteiger partial charge in [-0.05, 0) is 60.2 Å². The van der Waals surface area contributed by atoms with Gasteiger partial charge in [0.2, 0.25) is 15.9 Å². The standard InChI is InChI=1S/C26H38ClN3O3S/c1-18(2)19(3)30(34(32,33)23-11-9-10-21(27)15-23)17-20-14-22(12-13-24(20)29(7)8)28-25(31)16-26(4,5)6/h9-15,18-19H,16-17H2,1-8H3,(H,28,31)/t19-/m1/s1. The molecule has 2 aromatic carbocycles. The van der Waals surface area contributed by atoms with Crippen molar-refractivity contribution in [3.05, 3.63) is 53.1 Å². The molecule has 0 aliphatic carbocycles. The lowest BCUT2D eigenvalue weighted by atomic mass is 9.92. The van der Waals surface area contributed by atoms with E-state index in [1.165, 1.54) is 10.4 Å². The van der Waals surface area contributed by atoms with Gasteiger partial charge in [0.15, 0.2) is 0 Å². The maximum Gasteiger partial charge on any atom is 0.243 e. The molecule has 0 radical (unpaired) electrons. The molecule has 2 aromatic rings. The molecule has 1 atom stereocenters. The summed E-state index contributed by atoms with van der Waals surface area (Å²) in [6, 6.07) is 11.7. The SMILES string of the molecule is CC(C)[C@@H](C)N(Cc1cc(NC(=O)CC(C)(C)C)ccc1N(C)C)S(=O)(=O)c1cccc(Cl)c1. The number of carbonyl (C=O) groups excluding carboxylic acids is 1. The Morgan fingerprint density at radius 2 is 1.71 bits per heavy atom. The Hall–Kier alpha value is -2.09. The van der Waals surface area contributed by atoms with Gasteiger partial charge in [0.25, 0.3) is 0 Å². The van der Waals surface area contributed by atoms with E-state index in [-0.39, 0.29) is 34.7 Å². The van der Waals surface area contributed by atoms with Gasteiger partial charge in [0.1, 0.15) is 0 Å². The third-order valence-corrected chi connectivity index (χ3v) is 7.85. The van der Waals surface area contributed by atoms with Gasteiger partial charge in [-0.1, -0.05) is 52.3 Å². The highest BCUT2D eigenvalue weighted by Crippen LogP contribution is 2.31. The summed E-state index contributed by atoms with van der Waals surface area (Å²) in [5, 5.41) is 3.34. The Morgan fingerprint density at radius 3 is 2.24 bits per heavy atom. The van der Waals surface area contributed by atoms with Crippen LogP contribution in [0.4, 0.5) is 11.4 Å². The zero-order valence-electron chi connectivity index (χ0n) is 21.5. The molecule has 0 aliphatic rings. The molecule has 188 valence electrons. The fourth-order valence-corrected chi connectivity index (χ4v) is 5.67. The number of hydrogen-bond acceptors (Lipinski definition) is 4. The minimum atomic E-state index is -3.83. The van der Waals surface area contributed by atoms with Gasteiger partial charge in [0.05, 0.1) is 4.90 Å². The molecule has 0 bridgehead atoms. The average Bonchev–Trinajstić information content (AvgIpc) is 2.69. The van der Waals surface area contributed by atoms with Crippen LogP contribution in [0.25, 0.3) is 0 Å². The largest absolute Gasteiger partial charge is 0.377 e. The zero-order chi connectivity index (χ0) is 25.8. The molecule has 0 aliphatic heterocycles. The van der Waals surface area contributed by atoms with Gasteiger partial charge >= 0.3 is 0 Å². The Morgan fingerprint density at radius 1 is 1.06 bits per heavy atom. The second kappa shape index (κ2) is 11.1. The highest BCUT2D eigenvalue weighted by molar-refractivity contribution is 7.89. The second-order valence-corrected chi connectivity index (χ2v) is 12.8. The van der Waals surface area contributed by atoms with E-state index in [9.17, 15) is 13.2 Å². The summed E-state index contributed by atoms with van der Waals surface area (Å²) < 4.78 is 29.0. The van der Waals surface area contributed by atoms with E-state index in [4.69, 9.17) is 11.6 Å². The molecule has 0 saturated heterocycles. The van der Waals surface area contributed by atoms with Crippen molar-refractivity contribution in [2.45, 2.75) is 65.4 Å². The number of nitrogens with one attached hydrogen (secondary N) is 1. The molecule has 34 heavy (non-hydrogen) atoms. The van der Waals surface area contributed by atoms with Crippen LogP contribution in [0.2, 0.25) is 5.02 Å². The lowest BCUT2D eigenvalue weighted by Gasteiger charge is -2.32. The third-order valence-electron chi connectivity index (χ3n) is 5.68. The number of hydrogen-bond donors (Lipinski definition) is 1. The van der Waals surface area contributed by atoms with E-state index in [0.717, 1.165) is 11.3 Å². The van der Waals surface area contributed by atoms with Crippen molar-refractivity contribution in [1.29, 1.82) is 0 Å². The number of nitrogens with zero attached hydrogens (tertiary/aromatic N) is 2. The van der Waals surface area contributed by atoms with E-state index in [2.05, 4.69) is 5.32 Å². The van der Waals surface area contributed by atoms with Crippen LogP contribution in [0.5, 0.6) is 0 Å². The predicted molar refractivity (Wildman–Crippen MR) is 142 cm³/mol. The maximum atomic E-state index is 13.7. The number of amides is 1. The van der Waals surface area contributed by atoms with Crippen molar-refractivity contribution in [1.82, 2.24) is 4.31 Å². The second-order valence-electron chi connectivity index (χ2n) is 10.5. The molecule has 0 saturated carbocycles. The Bertz CT molecular complexity index is 1110. The summed E-state index contributed by atoms with van der Waals surface area (Å²) in [5.41, 5.74) is 2.20. The normalized spacial score (nSPS) is 13.3.